The number of rotatable bonds is 7. The molecular formula is C22H32O3. The molecule has 2 rings (SSSR count). The molecule has 0 bridgehead atoms. The van der Waals surface area contributed by atoms with Gasteiger partial charge in [-0.3, -0.25) is 0 Å². The normalized spacial score (nSPS) is 26.9. The van der Waals surface area contributed by atoms with E-state index in [1.807, 2.05) is 31.2 Å². The standard InChI is InChI=1S/C22H32O3/c1-3-4-5-6-19-20(22(25)15-21(19)24)14-13-18(23)12-11-17-9-7-16(2)8-10-17/h7-10,18-25H,3-6,13-15H2,1-2H3/t18?,19-,20?,21+,22?/m1/s1. The van der Waals surface area contributed by atoms with Crippen LogP contribution in [0, 0.1) is 30.6 Å². The zero-order chi connectivity index (χ0) is 18.2. The van der Waals surface area contributed by atoms with Crippen molar-refractivity contribution in [3.05, 3.63) is 35.4 Å². The third-order valence-corrected chi connectivity index (χ3v) is 5.37. The van der Waals surface area contributed by atoms with Gasteiger partial charge in [0, 0.05) is 5.56 Å². The number of unbranched alkanes of at least 4 members (excludes halogenated alkanes) is 2. The van der Waals surface area contributed by atoms with E-state index >= 15 is 0 Å². The molecule has 1 aromatic rings. The number of aliphatic hydroxyl groups excluding tert-OH is 3. The van der Waals surface area contributed by atoms with Crippen LogP contribution in [0.15, 0.2) is 24.3 Å². The smallest absolute Gasteiger partial charge is 0.115 e. The van der Waals surface area contributed by atoms with Crippen molar-refractivity contribution in [2.24, 2.45) is 11.8 Å². The maximum atomic E-state index is 10.3. The monoisotopic (exact) mass is 344 g/mol. The molecule has 0 aliphatic heterocycles. The summed E-state index contributed by atoms with van der Waals surface area (Å²) in [4.78, 5) is 0. The van der Waals surface area contributed by atoms with Crippen molar-refractivity contribution in [1.82, 2.24) is 0 Å². The zero-order valence-electron chi connectivity index (χ0n) is 15.5. The second-order valence-electron chi connectivity index (χ2n) is 7.42. The molecule has 3 N–H and O–H groups in total. The van der Waals surface area contributed by atoms with Crippen LogP contribution >= 0.6 is 0 Å². The van der Waals surface area contributed by atoms with Crippen LogP contribution in [0.1, 0.15) is 63.0 Å². The average Bonchev–Trinajstić information content (AvgIpc) is 2.86. The molecule has 1 fully saturated rings. The maximum absolute atomic E-state index is 10.3. The summed E-state index contributed by atoms with van der Waals surface area (Å²) in [6.07, 6.45) is 4.52. The lowest BCUT2D eigenvalue weighted by Gasteiger charge is -2.23. The number of benzene rings is 1. The van der Waals surface area contributed by atoms with Crippen LogP contribution in [0.3, 0.4) is 0 Å². The minimum atomic E-state index is -0.692. The molecule has 1 aliphatic rings. The van der Waals surface area contributed by atoms with Crippen LogP contribution in [0.4, 0.5) is 0 Å². The van der Waals surface area contributed by atoms with Crippen LogP contribution in [-0.2, 0) is 0 Å². The van der Waals surface area contributed by atoms with Gasteiger partial charge in [0.25, 0.3) is 0 Å². The molecule has 0 amide bonds. The van der Waals surface area contributed by atoms with Gasteiger partial charge in [0.1, 0.15) is 6.10 Å². The third-order valence-electron chi connectivity index (χ3n) is 5.37. The Bertz CT molecular complexity index is 569. The van der Waals surface area contributed by atoms with E-state index in [4.69, 9.17) is 0 Å². The molecule has 0 radical (unpaired) electrons. The molecule has 1 saturated carbocycles. The molecule has 1 aliphatic carbocycles. The number of hydrogen-bond donors (Lipinski definition) is 3. The summed E-state index contributed by atoms with van der Waals surface area (Å²) in [5.74, 6) is 6.13. The van der Waals surface area contributed by atoms with Crippen LogP contribution in [0.2, 0.25) is 0 Å². The molecule has 138 valence electrons. The molecule has 25 heavy (non-hydrogen) atoms. The van der Waals surface area contributed by atoms with Gasteiger partial charge >= 0.3 is 0 Å². The van der Waals surface area contributed by atoms with Crippen molar-refractivity contribution in [3.8, 4) is 11.8 Å². The summed E-state index contributed by atoms with van der Waals surface area (Å²) in [5.41, 5.74) is 2.09. The molecule has 5 atom stereocenters. The largest absolute Gasteiger partial charge is 0.393 e. The van der Waals surface area contributed by atoms with Crippen LogP contribution in [-0.4, -0.2) is 33.6 Å². The van der Waals surface area contributed by atoms with Crippen molar-refractivity contribution in [2.45, 2.75) is 77.1 Å². The molecule has 1 aromatic carbocycles. The molecule has 0 aromatic heterocycles. The van der Waals surface area contributed by atoms with Crippen molar-refractivity contribution < 1.29 is 15.3 Å². The number of hydrogen-bond acceptors (Lipinski definition) is 3. The van der Waals surface area contributed by atoms with Crippen LogP contribution in [0.5, 0.6) is 0 Å². The Morgan fingerprint density at radius 3 is 2.32 bits per heavy atom. The number of aliphatic hydroxyl groups is 3. The van der Waals surface area contributed by atoms with Crippen molar-refractivity contribution in [3.63, 3.8) is 0 Å². The summed E-state index contributed by atoms with van der Waals surface area (Å²) in [6.45, 7) is 4.20. The highest BCUT2D eigenvalue weighted by Gasteiger charge is 2.40. The van der Waals surface area contributed by atoms with E-state index in [1.165, 1.54) is 5.56 Å². The average molecular weight is 344 g/mol. The fourth-order valence-corrected chi connectivity index (χ4v) is 3.84. The van der Waals surface area contributed by atoms with Gasteiger partial charge in [0.15, 0.2) is 0 Å². The minimum absolute atomic E-state index is 0.0719. The lowest BCUT2D eigenvalue weighted by molar-refractivity contribution is 0.0913. The molecule has 3 nitrogen and oxygen atoms in total. The van der Waals surface area contributed by atoms with Gasteiger partial charge in [-0.15, -0.1) is 0 Å². The second-order valence-corrected chi connectivity index (χ2v) is 7.42. The zero-order valence-corrected chi connectivity index (χ0v) is 15.5. The third kappa shape index (κ3) is 6.15. The van der Waals surface area contributed by atoms with E-state index in [0.29, 0.717) is 19.3 Å². The topological polar surface area (TPSA) is 60.7 Å². The lowest BCUT2D eigenvalue weighted by Crippen LogP contribution is -2.23. The predicted molar refractivity (Wildman–Crippen MR) is 101 cm³/mol. The first-order valence-corrected chi connectivity index (χ1v) is 9.63. The summed E-state index contributed by atoms with van der Waals surface area (Å²) in [5, 5.41) is 30.6. The van der Waals surface area contributed by atoms with Crippen molar-refractivity contribution in [2.75, 3.05) is 0 Å². The fourth-order valence-electron chi connectivity index (χ4n) is 3.84. The molecule has 0 spiro atoms. The molecule has 0 saturated heterocycles. The van der Waals surface area contributed by atoms with Crippen molar-refractivity contribution >= 4 is 0 Å². The van der Waals surface area contributed by atoms with Gasteiger partial charge in [0.05, 0.1) is 12.2 Å². The Hall–Kier alpha value is -1.34. The lowest BCUT2D eigenvalue weighted by atomic mass is 9.85. The first-order valence-electron chi connectivity index (χ1n) is 9.63. The van der Waals surface area contributed by atoms with Gasteiger partial charge in [-0.1, -0.05) is 55.7 Å². The highest BCUT2D eigenvalue weighted by molar-refractivity contribution is 5.36. The van der Waals surface area contributed by atoms with E-state index in [1.54, 1.807) is 0 Å². The van der Waals surface area contributed by atoms with E-state index in [9.17, 15) is 15.3 Å². The Morgan fingerprint density at radius 2 is 1.68 bits per heavy atom. The predicted octanol–water partition coefficient (Wildman–Crippen LogP) is 3.43. The van der Waals surface area contributed by atoms with E-state index in [0.717, 1.165) is 31.2 Å². The highest BCUT2D eigenvalue weighted by atomic mass is 16.3. The molecule has 3 heteroatoms. The molecule has 0 heterocycles. The summed E-state index contributed by atoms with van der Waals surface area (Å²) >= 11 is 0. The Labute approximate surface area is 152 Å². The van der Waals surface area contributed by atoms with Gasteiger partial charge in [0.2, 0.25) is 0 Å². The Kier molecular flexibility index (Phi) is 7.96. The van der Waals surface area contributed by atoms with Crippen LogP contribution < -0.4 is 0 Å². The number of aryl methyl sites for hydroxylation is 1. The maximum Gasteiger partial charge on any atom is 0.115 e. The summed E-state index contributed by atoms with van der Waals surface area (Å²) in [7, 11) is 0. The SMILES string of the molecule is CCCCC[C@@H]1C(CCC(O)C#Cc2ccc(C)cc2)C(O)C[C@@H]1O. The summed E-state index contributed by atoms with van der Waals surface area (Å²) < 4.78 is 0. The van der Waals surface area contributed by atoms with Gasteiger partial charge in [-0.2, -0.15) is 0 Å². The van der Waals surface area contributed by atoms with Gasteiger partial charge in [-0.25, -0.2) is 0 Å². The first kappa shape index (κ1) is 20.0. The Balaban J connectivity index is 1.86. The fraction of sp³-hybridized carbons (Fsp3) is 0.636. The van der Waals surface area contributed by atoms with E-state index < -0.39 is 18.3 Å². The van der Waals surface area contributed by atoms with Gasteiger partial charge in [-0.05, 0) is 56.6 Å². The molecular weight excluding hydrogens is 312 g/mol. The van der Waals surface area contributed by atoms with E-state index in [-0.39, 0.29) is 11.8 Å². The van der Waals surface area contributed by atoms with Crippen LogP contribution in [0.25, 0.3) is 0 Å². The summed E-state index contributed by atoms with van der Waals surface area (Å²) in [6, 6.07) is 7.92. The van der Waals surface area contributed by atoms with Gasteiger partial charge < -0.3 is 15.3 Å². The Morgan fingerprint density at radius 1 is 1.04 bits per heavy atom. The minimum Gasteiger partial charge on any atom is -0.393 e. The molecule has 3 unspecified atom stereocenters. The van der Waals surface area contributed by atoms with Crippen molar-refractivity contribution in [1.29, 1.82) is 0 Å². The highest BCUT2D eigenvalue weighted by Crippen LogP contribution is 2.39. The quantitative estimate of drug-likeness (QED) is 0.525. The second kappa shape index (κ2) is 9.97. The van der Waals surface area contributed by atoms with E-state index in [2.05, 4.69) is 18.8 Å². The first-order chi connectivity index (χ1) is 12.0.